The fourth-order valence-electron chi connectivity index (χ4n) is 1.73. The third kappa shape index (κ3) is 1.08. The topological polar surface area (TPSA) is 26.0 Å². The van der Waals surface area contributed by atoms with Gasteiger partial charge in [-0.3, -0.25) is 0 Å². The molecule has 2 heteroatoms. The Morgan fingerprint density at radius 3 is 2.10 bits per heavy atom. The maximum absolute atomic E-state index is 5.72. The smallest absolute Gasteiger partial charge is 0.000384 e. The van der Waals surface area contributed by atoms with Gasteiger partial charge in [0.1, 0.15) is 0 Å². The molecular formula is C8H17NS. The van der Waals surface area contributed by atoms with Gasteiger partial charge < -0.3 is 5.73 Å². The summed E-state index contributed by atoms with van der Waals surface area (Å²) in [5.74, 6) is 1.23. The van der Waals surface area contributed by atoms with E-state index < -0.39 is 0 Å². The van der Waals surface area contributed by atoms with Crippen molar-refractivity contribution in [1.29, 1.82) is 0 Å². The molecule has 1 aliphatic carbocycles. The van der Waals surface area contributed by atoms with Crippen LogP contribution in [0.3, 0.4) is 0 Å². The molecule has 0 saturated heterocycles. The lowest BCUT2D eigenvalue weighted by Crippen LogP contribution is -2.23. The standard InChI is InChI=1S/C8H17NS/c1-7(2)4-8(7,5-9)6-10-3/h4-6,9H2,1-3H3. The molecule has 1 saturated carbocycles. The van der Waals surface area contributed by atoms with Gasteiger partial charge in [-0.05, 0) is 30.1 Å². The maximum atomic E-state index is 5.72. The summed E-state index contributed by atoms with van der Waals surface area (Å²) in [7, 11) is 0. The van der Waals surface area contributed by atoms with Crippen LogP contribution in [0, 0.1) is 10.8 Å². The molecule has 10 heavy (non-hydrogen) atoms. The normalized spacial score (nSPS) is 36.0. The molecule has 0 aliphatic heterocycles. The minimum Gasteiger partial charge on any atom is -0.330 e. The largest absolute Gasteiger partial charge is 0.330 e. The monoisotopic (exact) mass is 159 g/mol. The average Bonchev–Trinajstić information content (AvgIpc) is 2.37. The molecule has 0 bridgehead atoms. The summed E-state index contributed by atoms with van der Waals surface area (Å²) >= 11 is 1.92. The second-order valence-corrected chi connectivity index (χ2v) is 4.84. The van der Waals surface area contributed by atoms with Crippen LogP contribution in [0.1, 0.15) is 20.3 Å². The van der Waals surface area contributed by atoms with Gasteiger partial charge in [0, 0.05) is 5.75 Å². The van der Waals surface area contributed by atoms with Gasteiger partial charge in [0.25, 0.3) is 0 Å². The Morgan fingerprint density at radius 1 is 1.50 bits per heavy atom. The van der Waals surface area contributed by atoms with E-state index in [9.17, 15) is 0 Å². The Labute approximate surface area is 67.8 Å². The van der Waals surface area contributed by atoms with Crippen molar-refractivity contribution < 1.29 is 0 Å². The number of hydrogen-bond donors (Lipinski definition) is 1. The van der Waals surface area contributed by atoms with Crippen LogP contribution >= 0.6 is 11.8 Å². The van der Waals surface area contributed by atoms with Crippen LogP contribution < -0.4 is 5.73 Å². The van der Waals surface area contributed by atoms with Gasteiger partial charge >= 0.3 is 0 Å². The van der Waals surface area contributed by atoms with E-state index in [4.69, 9.17) is 5.73 Å². The molecule has 60 valence electrons. The summed E-state index contributed by atoms with van der Waals surface area (Å²) in [6, 6.07) is 0. The van der Waals surface area contributed by atoms with E-state index in [-0.39, 0.29) is 0 Å². The zero-order chi connectivity index (χ0) is 7.83. The molecule has 1 unspecified atom stereocenters. The lowest BCUT2D eigenvalue weighted by Gasteiger charge is -2.16. The zero-order valence-corrected chi connectivity index (χ0v) is 7.92. The molecule has 2 N–H and O–H groups in total. The first-order valence-corrected chi connectivity index (χ1v) is 5.16. The van der Waals surface area contributed by atoms with Crippen LogP contribution in [-0.2, 0) is 0 Å². The maximum Gasteiger partial charge on any atom is 0.000384 e. The second-order valence-electron chi connectivity index (χ2n) is 3.98. The molecular weight excluding hydrogens is 142 g/mol. The van der Waals surface area contributed by atoms with E-state index >= 15 is 0 Å². The molecule has 1 fully saturated rings. The van der Waals surface area contributed by atoms with Gasteiger partial charge in [0.05, 0.1) is 0 Å². The Kier molecular flexibility index (Phi) is 2.03. The molecule has 0 radical (unpaired) electrons. The molecule has 0 spiro atoms. The predicted octanol–water partition coefficient (Wildman–Crippen LogP) is 1.72. The van der Waals surface area contributed by atoms with Gasteiger partial charge in [-0.25, -0.2) is 0 Å². The summed E-state index contributed by atoms with van der Waals surface area (Å²) in [4.78, 5) is 0. The van der Waals surface area contributed by atoms with Crippen LogP contribution in [0.2, 0.25) is 0 Å². The third-order valence-corrected chi connectivity index (χ3v) is 3.74. The predicted molar refractivity (Wildman–Crippen MR) is 48.3 cm³/mol. The fraction of sp³-hybridized carbons (Fsp3) is 1.00. The van der Waals surface area contributed by atoms with Crippen molar-refractivity contribution in [3.63, 3.8) is 0 Å². The summed E-state index contributed by atoms with van der Waals surface area (Å²) in [5, 5.41) is 0. The van der Waals surface area contributed by atoms with Crippen molar-refractivity contribution in [2.75, 3.05) is 18.6 Å². The van der Waals surface area contributed by atoms with Crippen molar-refractivity contribution in [3.05, 3.63) is 0 Å². The van der Waals surface area contributed by atoms with E-state index in [2.05, 4.69) is 20.1 Å². The SMILES string of the molecule is CSCC1(CN)CC1(C)C. The molecule has 0 amide bonds. The van der Waals surface area contributed by atoms with Crippen molar-refractivity contribution >= 4 is 11.8 Å². The molecule has 1 nitrogen and oxygen atoms in total. The first kappa shape index (κ1) is 8.41. The van der Waals surface area contributed by atoms with Gasteiger partial charge in [-0.1, -0.05) is 13.8 Å². The molecule has 0 aromatic carbocycles. The Hall–Kier alpha value is 0.310. The van der Waals surface area contributed by atoms with Gasteiger partial charge in [0.15, 0.2) is 0 Å². The highest BCUT2D eigenvalue weighted by atomic mass is 32.2. The van der Waals surface area contributed by atoms with Crippen molar-refractivity contribution in [1.82, 2.24) is 0 Å². The first-order chi connectivity index (χ1) is 4.58. The highest BCUT2D eigenvalue weighted by molar-refractivity contribution is 7.98. The van der Waals surface area contributed by atoms with Gasteiger partial charge in [0.2, 0.25) is 0 Å². The van der Waals surface area contributed by atoms with E-state index in [1.165, 1.54) is 12.2 Å². The van der Waals surface area contributed by atoms with E-state index in [0.29, 0.717) is 10.8 Å². The van der Waals surface area contributed by atoms with Crippen molar-refractivity contribution in [2.24, 2.45) is 16.6 Å². The number of hydrogen-bond acceptors (Lipinski definition) is 2. The van der Waals surface area contributed by atoms with Crippen LogP contribution in [-0.4, -0.2) is 18.6 Å². The van der Waals surface area contributed by atoms with E-state index in [1.54, 1.807) is 0 Å². The molecule has 0 heterocycles. The van der Waals surface area contributed by atoms with Gasteiger partial charge in [-0.15, -0.1) is 0 Å². The Balaban J connectivity index is 2.50. The Bertz CT molecular complexity index is 133. The summed E-state index contributed by atoms with van der Waals surface area (Å²) in [6.45, 7) is 5.49. The molecule has 0 aromatic heterocycles. The van der Waals surface area contributed by atoms with Crippen LogP contribution in [0.4, 0.5) is 0 Å². The lowest BCUT2D eigenvalue weighted by molar-refractivity contribution is 0.437. The van der Waals surface area contributed by atoms with E-state index in [0.717, 1.165) is 6.54 Å². The fourth-order valence-corrected chi connectivity index (χ4v) is 2.90. The highest BCUT2D eigenvalue weighted by Crippen LogP contribution is 2.63. The molecule has 1 aliphatic rings. The Morgan fingerprint density at radius 2 is 2.00 bits per heavy atom. The van der Waals surface area contributed by atoms with E-state index in [1.807, 2.05) is 11.8 Å². The first-order valence-electron chi connectivity index (χ1n) is 3.77. The lowest BCUT2D eigenvalue weighted by atomic mass is 9.98. The van der Waals surface area contributed by atoms with Crippen molar-refractivity contribution in [3.8, 4) is 0 Å². The number of thioether (sulfide) groups is 1. The van der Waals surface area contributed by atoms with Crippen LogP contribution in [0.5, 0.6) is 0 Å². The third-order valence-electron chi connectivity index (χ3n) is 2.90. The minimum absolute atomic E-state index is 0.479. The summed E-state index contributed by atoms with van der Waals surface area (Å²) in [5.41, 5.74) is 6.71. The zero-order valence-electron chi connectivity index (χ0n) is 7.11. The number of rotatable bonds is 3. The van der Waals surface area contributed by atoms with Crippen LogP contribution in [0.25, 0.3) is 0 Å². The molecule has 0 aromatic rings. The second kappa shape index (κ2) is 2.42. The minimum atomic E-state index is 0.479. The van der Waals surface area contributed by atoms with Crippen LogP contribution in [0.15, 0.2) is 0 Å². The summed E-state index contributed by atoms with van der Waals surface area (Å²) < 4.78 is 0. The quantitative estimate of drug-likeness (QED) is 0.678. The van der Waals surface area contributed by atoms with Crippen molar-refractivity contribution in [2.45, 2.75) is 20.3 Å². The number of nitrogens with two attached hydrogens (primary N) is 1. The average molecular weight is 159 g/mol. The molecule has 1 rings (SSSR count). The summed E-state index contributed by atoms with van der Waals surface area (Å²) in [6.07, 6.45) is 3.48. The molecule has 1 atom stereocenters. The highest BCUT2D eigenvalue weighted by Gasteiger charge is 2.59. The van der Waals surface area contributed by atoms with Gasteiger partial charge in [-0.2, -0.15) is 11.8 Å².